The molecule has 4 nitrogen and oxygen atoms in total. The summed E-state index contributed by atoms with van der Waals surface area (Å²) >= 11 is 1.70. The predicted molar refractivity (Wildman–Crippen MR) is 73.2 cm³/mol. The molecule has 0 radical (unpaired) electrons. The predicted octanol–water partition coefficient (Wildman–Crippen LogP) is 2.56. The van der Waals surface area contributed by atoms with Crippen LogP contribution in [0.2, 0.25) is 0 Å². The van der Waals surface area contributed by atoms with Crippen molar-refractivity contribution < 1.29 is 0 Å². The van der Waals surface area contributed by atoms with E-state index in [1.54, 1.807) is 28.3 Å². The molecule has 1 aliphatic rings. The van der Waals surface area contributed by atoms with Crippen molar-refractivity contribution in [3.63, 3.8) is 0 Å². The number of anilines is 1. The molecule has 1 saturated carbocycles. The first-order valence-corrected chi connectivity index (χ1v) is 6.97. The van der Waals surface area contributed by atoms with Crippen LogP contribution < -0.4 is 10.9 Å². The highest BCUT2D eigenvalue weighted by Gasteiger charge is 2.25. The number of aromatic nitrogens is 2. The average molecular weight is 261 g/mol. The van der Waals surface area contributed by atoms with Gasteiger partial charge in [-0.2, -0.15) is 0 Å². The zero-order chi connectivity index (χ0) is 12.5. The molecule has 2 aromatic heterocycles. The van der Waals surface area contributed by atoms with Gasteiger partial charge in [0.1, 0.15) is 0 Å². The van der Waals surface area contributed by atoms with E-state index in [1.807, 2.05) is 0 Å². The van der Waals surface area contributed by atoms with Crippen LogP contribution >= 0.6 is 11.3 Å². The van der Waals surface area contributed by atoms with E-state index in [1.165, 1.54) is 10.4 Å². The fourth-order valence-electron chi connectivity index (χ4n) is 1.94. The maximum atomic E-state index is 12.1. The van der Waals surface area contributed by atoms with Gasteiger partial charge >= 0.3 is 0 Å². The fraction of sp³-hybridized carbons (Fsp3) is 0.385. The van der Waals surface area contributed by atoms with Gasteiger partial charge in [0.15, 0.2) is 5.82 Å². The standard InChI is InChI=1S/C13H15N3OS/c1-9-4-7-18-11(9)8-15-12-13(17)16(6-5-14-12)10-2-3-10/h4-7,10H,2-3,8H2,1H3,(H,14,15). The van der Waals surface area contributed by atoms with Crippen LogP contribution in [0.4, 0.5) is 5.82 Å². The zero-order valence-corrected chi connectivity index (χ0v) is 11.0. The quantitative estimate of drug-likeness (QED) is 0.920. The van der Waals surface area contributed by atoms with Crippen molar-refractivity contribution in [2.75, 3.05) is 5.32 Å². The van der Waals surface area contributed by atoms with Crippen molar-refractivity contribution in [1.29, 1.82) is 0 Å². The molecule has 0 bridgehead atoms. The lowest BCUT2D eigenvalue weighted by molar-refractivity contribution is 0.699. The molecule has 1 fully saturated rings. The van der Waals surface area contributed by atoms with E-state index in [4.69, 9.17) is 0 Å². The van der Waals surface area contributed by atoms with Crippen LogP contribution in [0, 0.1) is 6.92 Å². The molecule has 0 saturated heterocycles. The Hall–Kier alpha value is -1.62. The summed E-state index contributed by atoms with van der Waals surface area (Å²) in [5.41, 5.74) is 1.25. The minimum absolute atomic E-state index is 0.00536. The third-order valence-corrected chi connectivity index (χ3v) is 4.22. The van der Waals surface area contributed by atoms with Gasteiger partial charge < -0.3 is 9.88 Å². The lowest BCUT2D eigenvalue weighted by Gasteiger charge is -2.07. The van der Waals surface area contributed by atoms with Crippen LogP contribution in [-0.4, -0.2) is 9.55 Å². The molecule has 1 N–H and O–H groups in total. The van der Waals surface area contributed by atoms with Gasteiger partial charge in [0.25, 0.3) is 5.56 Å². The molecule has 0 aromatic carbocycles. The minimum Gasteiger partial charge on any atom is -0.361 e. The van der Waals surface area contributed by atoms with Crippen molar-refractivity contribution in [3.05, 3.63) is 44.6 Å². The van der Waals surface area contributed by atoms with Crippen molar-refractivity contribution >= 4 is 17.2 Å². The molecule has 2 aromatic rings. The van der Waals surface area contributed by atoms with Crippen molar-refractivity contribution in [1.82, 2.24) is 9.55 Å². The number of hydrogen-bond acceptors (Lipinski definition) is 4. The summed E-state index contributed by atoms with van der Waals surface area (Å²) < 4.78 is 1.79. The molecule has 0 amide bonds. The Bertz CT molecular complexity index is 613. The van der Waals surface area contributed by atoms with Crippen LogP contribution in [0.5, 0.6) is 0 Å². The summed E-state index contributed by atoms with van der Waals surface area (Å²) in [5, 5.41) is 5.21. The Morgan fingerprint density at radius 1 is 1.56 bits per heavy atom. The van der Waals surface area contributed by atoms with E-state index >= 15 is 0 Å². The topological polar surface area (TPSA) is 46.9 Å². The van der Waals surface area contributed by atoms with Gasteiger partial charge in [-0.25, -0.2) is 4.98 Å². The van der Waals surface area contributed by atoms with E-state index in [9.17, 15) is 4.79 Å². The molecular formula is C13H15N3OS. The summed E-state index contributed by atoms with van der Waals surface area (Å²) in [5.74, 6) is 0.456. The minimum atomic E-state index is -0.00536. The highest BCUT2D eigenvalue weighted by atomic mass is 32.1. The number of hydrogen-bond donors (Lipinski definition) is 1. The second-order valence-electron chi connectivity index (χ2n) is 4.60. The number of aryl methyl sites for hydroxylation is 1. The van der Waals surface area contributed by atoms with E-state index in [2.05, 4.69) is 28.7 Å². The maximum absolute atomic E-state index is 12.1. The van der Waals surface area contributed by atoms with Crippen LogP contribution in [0.1, 0.15) is 29.3 Å². The number of thiophene rings is 1. The van der Waals surface area contributed by atoms with Gasteiger partial charge in [-0.3, -0.25) is 4.79 Å². The lowest BCUT2D eigenvalue weighted by atomic mass is 10.3. The van der Waals surface area contributed by atoms with Crippen LogP contribution in [0.25, 0.3) is 0 Å². The van der Waals surface area contributed by atoms with Gasteiger partial charge in [0.05, 0.1) is 6.54 Å². The maximum Gasteiger partial charge on any atom is 0.293 e. The Labute approximate surface area is 109 Å². The number of nitrogens with zero attached hydrogens (tertiary/aromatic N) is 2. The summed E-state index contributed by atoms with van der Waals surface area (Å²) in [7, 11) is 0. The molecule has 3 rings (SSSR count). The molecule has 0 atom stereocenters. The molecule has 2 heterocycles. The number of rotatable bonds is 4. The molecule has 18 heavy (non-hydrogen) atoms. The third-order valence-electron chi connectivity index (χ3n) is 3.19. The first-order valence-electron chi connectivity index (χ1n) is 6.09. The Morgan fingerprint density at radius 3 is 3.06 bits per heavy atom. The van der Waals surface area contributed by atoms with E-state index in [0.29, 0.717) is 18.4 Å². The van der Waals surface area contributed by atoms with Gasteiger partial charge in [-0.1, -0.05) is 0 Å². The van der Waals surface area contributed by atoms with Crippen LogP contribution in [-0.2, 0) is 6.54 Å². The first-order chi connectivity index (χ1) is 8.75. The van der Waals surface area contributed by atoms with Gasteiger partial charge in [-0.15, -0.1) is 11.3 Å². The second-order valence-corrected chi connectivity index (χ2v) is 5.60. The average Bonchev–Trinajstić information content (AvgIpc) is 3.12. The Balaban J connectivity index is 1.79. The third kappa shape index (κ3) is 2.18. The molecule has 1 aliphatic carbocycles. The van der Waals surface area contributed by atoms with Gasteiger partial charge in [0, 0.05) is 23.3 Å². The van der Waals surface area contributed by atoms with Crippen molar-refractivity contribution in [2.24, 2.45) is 0 Å². The fourth-order valence-corrected chi connectivity index (χ4v) is 2.78. The highest BCUT2D eigenvalue weighted by molar-refractivity contribution is 7.10. The highest BCUT2D eigenvalue weighted by Crippen LogP contribution is 2.33. The lowest BCUT2D eigenvalue weighted by Crippen LogP contribution is -2.23. The molecule has 94 valence electrons. The van der Waals surface area contributed by atoms with Gasteiger partial charge in [0.2, 0.25) is 0 Å². The number of nitrogens with one attached hydrogen (secondary N) is 1. The summed E-state index contributed by atoms with van der Waals surface area (Å²) in [4.78, 5) is 17.5. The first kappa shape index (κ1) is 11.5. The Morgan fingerprint density at radius 2 is 2.39 bits per heavy atom. The van der Waals surface area contributed by atoms with Crippen molar-refractivity contribution in [2.45, 2.75) is 32.4 Å². The Kier molecular flexibility index (Phi) is 2.91. The molecule has 0 unspecified atom stereocenters. The molecule has 5 heteroatoms. The smallest absolute Gasteiger partial charge is 0.293 e. The van der Waals surface area contributed by atoms with Crippen LogP contribution in [0.3, 0.4) is 0 Å². The normalized spacial score (nSPS) is 14.7. The summed E-state index contributed by atoms with van der Waals surface area (Å²) in [6, 6.07) is 2.48. The SMILES string of the molecule is Cc1ccsc1CNc1nccn(C2CC2)c1=O. The zero-order valence-electron chi connectivity index (χ0n) is 10.2. The largest absolute Gasteiger partial charge is 0.361 e. The monoisotopic (exact) mass is 261 g/mol. The van der Waals surface area contributed by atoms with E-state index in [0.717, 1.165) is 12.8 Å². The summed E-state index contributed by atoms with van der Waals surface area (Å²) in [6.07, 6.45) is 5.69. The summed E-state index contributed by atoms with van der Waals surface area (Å²) in [6.45, 7) is 2.74. The second kappa shape index (κ2) is 4.57. The van der Waals surface area contributed by atoms with Gasteiger partial charge in [-0.05, 0) is 36.8 Å². The molecule has 0 aliphatic heterocycles. The van der Waals surface area contributed by atoms with E-state index in [-0.39, 0.29) is 5.56 Å². The van der Waals surface area contributed by atoms with E-state index < -0.39 is 0 Å². The van der Waals surface area contributed by atoms with Crippen LogP contribution in [0.15, 0.2) is 28.6 Å². The van der Waals surface area contributed by atoms with Crippen molar-refractivity contribution in [3.8, 4) is 0 Å². The molecule has 0 spiro atoms. The molecular weight excluding hydrogens is 246 g/mol.